The smallest absolute Gasteiger partial charge is 0.252 e. The molecular weight excluding hydrogens is 384 g/mol. The summed E-state index contributed by atoms with van der Waals surface area (Å²) in [6.07, 6.45) is 0.783. The van der Waals surface area contributed by atoms with Crippen molar-refractivity contribution in [3.05, 3.63) is 70.2 Å². The van der Waals surface area contributed by atoms with Crippen LogP contribution in [0.3, 0.4) is 0 Å². The second kappa shape index (κ2) is 9.96. The van der Waals surface area contributed by atoms with Gasteiger partial charge in [-0.15, -0.1) is 0 Å². The lowest BCUT2D eigenvalue weighted by Gasteiger charge is -2.34. The molecule has 0 spiro atoms. The van der Waals surface area contributed by atoms with E-state index in [1.54, 1.807) is 0 Å². The van der Waals surface area contributed by atoms with Crippen LogP contribution in [-0.4, -0.2) is 55.0 Å². The molecule has 0 aliphatic carbocycles. The number of carbonyl (C=O) groups is 1. The molecule has 1 aliphatic rings. The first-order valence-corrected chi connectivity index (χ1v) is 9.82. The molecule has 1 fully saturated rings. The Hall–Kier alpha value is -2.02. The standard InChI is InChI=1S/C21H24ClF2N3O/c22-18-14-20(24)19(23)13-17(18)21(28)25-7-4-8-26-9-11-27(12-10-26)15-16-5-2-1-3-6-16/h1-3,5-6,13-14H,4,7-12,15H2,(H,25,28). The quantitative estimate of drug-likeness (QED) is 0.563. The average molecular weight is 408 g/mol. The molecule has 0 atom stereocenters. The van der Waals surface area contributed by atoms with Crippen molar-refractivity contribution in [2.24, 2.45) is 0 Å². The Kier molecular flexibility index (Phi) is 7.36. The third-order valence-corrected chi connectivity index (χ3v) is 5.22. The number of benzene rings is 2. The van der Waals surface area contributed by atoms with E-state index < -0.39 is 17.5 Å². The second-order valence-corrected chi connectivity index (χ2v) is 7.37. The van der Waals surface area contributed by atoms with Crippen molar-refractivity contribution in [3.63, 3.8) is 0 Å². The third kappa shape index (κ3) is 5.74. The van der Waals surface area contributed by atoms with Gasteiger partial charge in [-0.1, -0.05) is 41.9 Å². The zero-order valence-electron chi connectivity index (χ0n) is 15.6. The Bertz CT molecular complexity index is 796. The van der Waals surface area contributed by atoms with E-state index in [4.69, 9.17) is 11.6 Å². The molecule has 150 valence electrons. The van der Waals surface area contributed by atoms with E-state index >= 15 is 0 Å². The van der Waals surface area contributed by atoms with E-state index in [9.17, 15) is 13.6 Å². The molecule has 0 bridgehead atoms. The lowest BCUT2D eigenvalue weighted by Crippen LogP contribution is -2.46. The van der Waals surface area contributed by atoms with Crippen molar-refractivity contribution in [1.29, 1.82) is 0 Å². The number of carbonyl (C=O) groups excluding carboxylic acids is 1. The Balaban J connectivity index is 1.35. The maximum atomic E-state index is 13.3. The molecule has 0 radical (unpaired) electrons. The number of nitrogens with zero attached hydrogens (tertiary/aromatic N) is 2. The van der Waals surface area contributed by atoms with Crippen LogP contribution in [0.25, 0.3) is 0 Å². The molecule has 1 heterocycles. The molecule has 7 heteroatoms. The van der Waals surface area contributed by atoms with Crippen molar-refractivity contribution >= 4 is 17.5 Å². The average Bonchev–Trinajstić information content (AvgIpc) is 2.70. The van der Waals surface area contributed by atoms with E-state index in [0.717, 1.165) is 57.8 Å². The molecule has 0 saturated carbocycles. The van der Waals surface area contributed by atoms with Gasteiger partial charge in [0.05, 0.1) is 10.6 Å². The van der Waals surface area contributed by atoms with Crippen LogP contribution >= 0.6 is 11.6 Å². The highest BCUT2D eigenvalue weighted by Gasteiger charge is 2.17. The normalized spacial score (nSPS) is 15.5. The van der Waals surface area contributed by atoms with Gasteiger partial charge in [0.2, 0.25) is 0 Å². The molecule has 1 amide bonds. The minimum Gasteiger partial charge on any atom is -0.352 e. The molecule has 28 heavy (non-hydrogen) atoms. The number of nitrogens with one attached hydrogen (secondary N) is 1. The van der Waals surface area contributed by atoms with Gasteiger partial charge in [-0.05, 0) is 30.7 Å². The number of hydrogen-bond donors (Lipinski definition) is 1. The van der Waals surface area contributed by atoms with E-state index in [1.165, 1.54) is 5.56 Å². The monoisotopic (exact) mass is 407 g/mol. The van der Waals surface area contributed by atoms with Gasteiger partial charge in [0.1, 0.15) is 0 Å². The molecule has 3 rings (SSSR count). The van der Waals surface area contributed by atoms with Gasteiger partial charge in [-0.3, -0.25) is 9.69 Å². The van der Waals surface area contributed by atoms with Crippen molar-refractivity contribution < 1.29 is 13.6 Å². The van der Waals surface area contributed by atoms with Crippen LogP contribution in [0.1, 0.15) is 22.3 Å². The Morgan fingerprint density at radius 2 is 1.64 bits per heavy atom. The predicted molar refractivity (Wildman–Crippen MR) is 106 cm³/mol. The first-order valence-electron chi connectivity index (χ1n) is 9.44. The molecule has 4 nitrogen and oxygen atoms in total. The van der Waals surface area contributed by atoms with Crippen molar-refractivity contribution in [3.8, 4) is 0 Å². The van der Waals surface area contributed by atoms with Gasteiger partial charge < -0.3 is 10.2 Å². The van der Waals surface area contributed by atoms with Crippen LogP contribution < -0.4 is 5.32 Å². The fourth-order valence-corrected chi connectivity index (χ4v) is 3.55. The third-order valence-electron chi connectivity index (χ3n) is 4.91. The van der Waals surface area contributed by atoms with E-state index in [1.807, 2.05) is 6.07 Å². The van der Waals surface area contributed by atoms with Gasteiger partial charge in [0, 0.05) is 39.3 Å². The SMILES string of the molecule is O=C(NCCCN1CCN(Cc2ccccc2)CC1)c1cc(F)c(F)cc1Cl. The number of piperazine rings is 1. The summed E-state index contributed by atoms with van der Waals surface area (Å²) in [7, 11) is 0. The summed E-state index contributed by atoms with van der Waals surface area (Å²) in [6.45, 7) is 6.34. The van der Waals surface area contributed by atoms with E-state index in [-0.39, 0.29) is 10.6 Å². The highest BCUT2D eigenvalue weighted by Crippen LogP contribution is 2.19. The van der Waals surface area contributed by atoms with Gasteiger partial charge in [0.15, 0.2) is 11.6 Å². The number of rotatable bonds is 7. The van der Waals surface area contributed by atoms with Gasteiger partial charge in [0.25, 0.3) is 5.91 Å². The Morgan fingerprint density at radius 3 is 2.36 bits per heavy atom. The summed E-state index contributed by atoms with van der Waals surface area (Å²) >= 11 is 5.82. The molecule has 0 unspecified atom stereocenters. The Labute approximate surface area is 169 Å². The van der Waals surface area contributed by atoms with E-state index in [2.05, 4.69) is 39.4 Å². The molecule has 1 aliphatic heterocycles. The largest absolute Gasteiger partial charge is 0.352 e. The second-order valence-electron chi connectivity index (χ2n) is 6.96. The lowest BCUT2D eigenvalue weighted by atomic mass is 10.2. The molecular formula is C21H24ClF2N3O. The minimum absolute atomic E-state index is 0.0462. The number of hydrogen-bond acceptors (Lipinski definition) is 3. The van der Waals surface area contributed by atoms with Crippen LogP contribution in [0, 0.1) is 11.6 Å². The molecule has 0 aromatic heterocycles. The summed E-state index contributed by atoms with van der Waals surface area (Å²) in [5.74, 6) is -2.63. The summed E-state index contributed by atoms with van der Waals surface area (Å²) in [5.41, 5.74) is 1.28. The number of amides is 1. The van der Waals surface area contributed by atoms with Crippen molar-refractivity contribution in [2.45, 2.75) is 13.0 Å². The first kappa shape index (κ1) is 20.7. The summed E-state index contributed by atoms with van der Waals surface area (Å²) < 4.78 is 26.4. The zero-order valence-corrected chi connectivity index (χ0v) is 16.4. The fraction of sp³-hybridized carbons (Fsp3) is 0.381. The summed E-state index contributed by atoms with van der Waals surface area (Å²) in [6, 6.07) is 12.1. The van der Waals surface area contributed by atoms with Crippen LogP contribution in [0.2, 0.25) is 5.02 Å². The van der Waals surface area contributed by atoms with Crippen LogP contribution in [0.4, 0.5) is 8.78 Å². The highest BCUT2D eigenvalue weighted by atomic mass is 35.5. The van der Waals surface area contributed by atoms with Crippen LogP contribution in [0.5, 0.6) is 0 Å². The van der Waals surface area contributed by atoms with Gasteiger partial charge >= 0.3 is 0 Å². The molecule has 1 saturated heterocycles. The lowest BCUT2D eigenvalue weighted by molar-refractivity contribution is 0.0946. The minimum atomic E-state index is -1.08. The van der Waals surface area contributed by atoms with Gasteiger partial charge in [-0.25, -0.2) is 8.78 Å². The van der Waals surface area contributed by atoms with Gasteiger partial charge in [-0.2, -0.15) is 0 Å². The highest BCUT2D eigenvalue weighted by molar-refractivity contribution is 6.33. The predicted octanol–water partition coefficient (Wildman–Crippen LogP) is 3.56. The summed E-state index contributed by atoms with van der Waals surface area (Å²) in [5, 5.41) is 2.63. The Morgan fingerprint density at radius 1 is 1.00 bits per heavy atom. The first-order chi connectivity index (χ1) is 13.5. The molecule has 2 aromatic rings. The van der Waals surface area contributed by atoms with Crippen LogP contribution in [-0.2, 0) is 6.54 Å². The molecule has 2 aromatic carbocycles. The van der Waals surface area contributed by atoms with E-state index in [0.29, 0.717) is 6.54 Å². The fourth-order valence-electron chi connectivity index (χ4n) is 3.31. The zero-order chi connectivity index (χ0) is 19.9. The maximum absolute atomic E-state index is 13.3. The maximum Gasteiger partial charge on any atom is 0.252 e. The summed E-state index contributed by atoms with van der Waals surface area (Å²) in [4.78, 5) is 16.9. The van der Waals surface area contributed by atoms with Crippen molar-refractivity contribution in [1.82, 2.24) is 15.1 Å². The van der Waals surface area contributed by atoms with Crippen LogP contribution in [0.15, 0.2) is 42.5 Å². The van der Waals surface area contributed by atoms with Crippen molar-refractivity contribution in [2.75, 3.05) is 39.3 Å². The number of halogens is 3. The molecule has 1 N–H and O–H groups in total. The topological polar surface area (TPSA) is 35.6 Å².